The molecule has 6 heteroatoms. The number of nitriles is 1. The van der Waals surface area contributed by atoms with Crippen molar-refractivity contribution in [2.24, 2.45) is 0 Å². The standard InChI is InChI=1S/C15H14IN2O2.Y/c1-2-18-14(8-7-13(16)15(18)19)11-3-5-12(6-4-11)20-10-9-17;/h3-6,13H,2,7,10H2,1H3;/q-1;. The first kappa shape index (κ1) is 18.6. The molecule has 1 aromatic carbocycles. The second-order valence-electron chi connectivity index (χ2n) is 4.25. The monoisotopic (exact) mass is 470 g/mol. The largest absolute Gasteiger partial charge is 0.479 e. The van der Waals surface area contributed by atoms with Gasteiger partial charge in [-0.1, -0.05) is 29.0 Å². The molecule has 0 aromatic heterocycles. The molecule has 1 aliphatic rings. The summed E-state index contributed by atoms with van der Waals surface area (Å²) in [7, 11) is 0. The SMILES string of the molecule is CCN1C(=O)C(I)C[C-]=C1c1ccc(OCC#N)cc1.[Y]. The molecule has 1 amide bonds. The van der Waals surface area contributed by atoms with Gasteiger partial charge in [0.25, 0.3) is 0 Å². The molecule has 2 rings (SSSR count). The number of allylic oxidation sites excluding steroid dienone is 1. The first-order valence-electron chi connectivity index (χ1n) is 6.33. The molecule has 1 unspecified atom stereocenters. The van der Waals surface area contributed by atoms with Crippen LogP contribution < -0.4 is 4.74 Å². The molecule has 1 radical (unpaired) electrons. The van der Waals surface area contributed by atoms with Crippen molar-refractivity contribution in [3.63, 3.8) is 0 Å². The first-order chi connectivity index (χ1) is 9.67. The third-order valence-corrected chi connectivity index (χ3v) is 3.97. The van der Waals surface area contributed by atoms with E-state index in [0.717, 1.165) is 11.3 Å². The summed E-state index contributed by atoms with van der Waals surface area (Å²) in [5.41, 5.74) is 1.77. The molecule has 0 saturated carbocycles. The van der Waals surface area contributed by atoms with Crippen molar-refractivity contribution >= 4 is 34.2 Å². The summed E-state index contributed by atoms with van der Waals surface area (Å²) in [6.07, 6.45) is 3.94. The van der Waals surface area contributed by atoms with Crippen molar-refractivity contribution in [1.82, 2.24) is 4.90 Å². The van der Waals surface area contributed by atoms with Gasteiger partial charge >= 0.3 is 0 Å². The third kappa shape index (κ3) is 4.51. The predicted molar refractivity (Wildman–Crippen MR) is 84.0 cm³/mol. The minimum absolute atomic E-state index is 0. The van der Waals surface area contributed by atoms with Crippen LogP contribution in [0.1, 0.15) is 18.9 Å². The van der Waals surface area contributed by atoms with E-state index in [1.165, 1.54) is 0 Å². The number of halogens is 1. The van der Waals surface area contributed by atoms with Crippen molar-refractivity contribution in [2.45, 2.75) is 17.3 Å². The Hall–Kier alpha value is -0.446. The third-order valence-electron chi connectivity index (χ3n) is 3.00. The van der Waals surface area contributed by atoms with Crippen LogP contribution in [0.3, 0.4) is 0 Å². The van der Waals surface area contributed by atoms with Gasteiger partial charge in [-0.05, 0) is 19.1 Å². The quantitative estimate of drug-likeness (QED) is 0.387. The molecule has 0 fully saturated rings. The van der Waals surface area contributed by atoms with Crippen molar-refractivity contribution in [3.05, 3.63) is 35.9 Å². The molecule has 21 heavy (non-hydrogen) atoms. The summed E-state index contributed by atoms with van der Waals surface area (Å²) >= 11 is 2.15. The molecule has 107 valence electrons. The Bertz CT molecular complexity index is 566. The number of benzene rings is 1. The second kappa shape index (κ2) is 8.87. The van der Waals surface area contributed by atoms with E-state index in [4.69, 9.17) is 10.00 Å². The Morgan fingerprint density at radius 3 is 2.71 bits per heavy atom. The van der Waals surface area contributed by atoms with Crippen LogP contribution >= 0.6 is 22.6 Å². The number of amides is 1. The van der Waals surface area contributed by atoms with Gasteiger partial charge in [0, 0.05) is 39.3 Å². The average Bonchev–Trinajstić information content (AvgIpc) is 2.48. The van der Waals surface area contributed by atoms with Crippen molar-refractivity contribution < 1.29 is 42.2 Å². The molecule has 1 atom stereocenters. The fourth-order valence-corrected chi connectivity index (χ4v) is 2.60. The fraction of sp³-hybridized carbons (Fsp3) is 0.333. The van der Waals surface area contributed by atoms with E-state index in [0.29, 0.717) is 18.7 Å². The number of hydrogen-bond acceptors (Lipinski definition) is 3. The maximum absolute atomic E-state index is 12.1. The molecule has 0 saturated heterocycles. The van der Waals surface area contributed by atoms with E-state index in [9.17, 15) is 4.79 Å². The van der Waals surface area contributed by atoms with Crippen molar-refractivity contribution in [1.29, 1.82) is 5.26 Å². The summed E-state index contributed by atoms with van der Waals surface area (Å²) in [6, 6.07) is 9.31. The smallest absolute Gasteiger partial charge is 0.235 e. The normalized spacial score (nSPS) is 17.6. The molecule has 1 aliphatic heterocycles. The van der Waals surface area contributed by atoms with Crippen LogP contribution in [0, 0.1) is 17.4 Å². The fourth-order valence-electron chi connectivity index (χ4n) is 2.04. The molecular weight excluding hydrogens is 456 g/mol. The van der Waals surface area contributed by atoms with Gasteiger partial charge in [-0.15, -0.1) is 17.8 Å². The van der Waals surface area contributed by atoms with Crippen LogP contribution in [0.25, 0.3) is 5.70 Å². The van der Waals surface area contributed by atoms with Crippen LogP contribution in [-0.2, 0) is 37.5 Å². The second-order valence-corrected chi connectivity index (χ2v) is 5.75. The number of carbonyl (C=O) groups excluding carboxylic acids is 1. The summed E-state index contributed by atoms with van der Waals surface area (Å²) < 4.78 is 5.18. The van der Waals surface area contributed by atoms with Gasteiger partial charge in [-0.3, -0.25) is 4.79 Å². The van der Waals surface area contributed by atoms with Gasteiger partial charge in [0.05, 0.1) is 3.92 Å². The van der Waals surface area contributed by atoms with Crippen molar-refractivity contribution in [3.8, 4) is 11.8 Å². The van der Waals surface area contributed by atoms with Crippen LogP contribution in [-0.4, -0.2) is 27.9 Å². The zero-order chi connectivity index (χ0) is 14.5. The molecule has 0 aliphatic carbocycles. The molecule has 0 spiro atoms. The van der Waals surface area contributed by atoms with E-state index < -0.39 is 0 Å². The van der Waals surface area contributed by atoms with E-state index in [1.54, 1.807) is 17.0 Å². The first-order valence-corrected chi connectivity index (χ1v) is 7.58. The van der Waals surface area contributed by atoms with Crippen molar-refractivity contribution in [2.75, 3.05) is 13.2 Å². The van der Waals surface area contributed by atoms with E-state index in [1.807, 2.05) is 25.1 Å². The summed E-state index contributed by atoms with van der Waals surface area (Å²) in [4.78, 5) is 13.9. The number of nitrogens with zero attached hydrogens (tertiary/aromatic N) is 2. The van der Waals surface area contributed by atoms with Crippen LogP contribution in [0.2, 0.25) is 0 Å². The zero-order valence-electron chi connectivity index (χ0n) is 11.7. The maximum Gasteiger partial charge on any atom is 0.235 e. The van der Waals surface area contributed by atoms with Crippen LogP contribution in [0.5, 0.6) is 5.75 Å². The summed E-state index contributed by atoms with van der Waals surface area (Å²) in [5.74, 6) is 0.777. The minimum Gasteiger partial charge on any atom is -0.479 e. The maximum atomic E-state index is 12.1. The number of carbonyl (C=O) groups is 1. The zero-order valence-corrected chi connectivity index (χ0v) is 16.7. The van der Waals surface area contributed by atoms with Gasteiger partial charge in [0.2, 0.25) is 5.91 Å². The predicted octanol–water partition coefficient (Wildman–Crippen LogP) is 2.79. The van der Waals surface area contributed by atoms with E-state index in [-0.39, 0.29) is 49.1 Å². The summed E-state index contributed by atoms with van der Waals surface area (Å²) in [6.45, 7) is 2.62. The molecular formula is C15H14IN2O2Y-. The molecule has 1 aromatic rings. The molecule has 0 N–H and O–H groups in total. The number of hydrogen-bond donors (Lipinski definition) is 0. The summed E-state index contributed by atoms with van der Waals surface area (Å²) in [5, 5.41) is 8.47. The van der Waals surface area contributed by atoms with Gasteiger partial charge in [-0.25, -0.2) is 6.08 Å². The molecule has 4 nitrogen and oxygen atoms in total. The Balaban J connectivity index is 0.00000220. The van der Waals surface area contributed by atoms with E-state index in [2.05, 4.69) is 28.7 Å². The van der Waals surface area contributed by atoms with Gasteiger partial charge in [0.15, 0.2) is 6.61 Å². The Morgan fingerprint density at radius 1 is 1.48 bits per heavy atom. The molecule has 1 heterocycles. The Kier molecular flexibility index (Phi) is 7.85. The number of ether oxygens (including phenoxy) is 1. The van der Waals surface area contributed by atoms with Gasteiger partial charge in [0.1, 0.15) is 11.8 Å². The Labute approximate surface area is 163 Å². The van der Waals surface area contributed by atoms with Gasteiger partial charge < -0.3 is 9.64 Å². The average molecular weight is 470 g/mol. The van der Waals surface area contributed by atoms with Gasteiger partial charge in [-0.2, -0.15) is 10.8 Å². The number of alkyl halides is 1. The van der Waals surface area contributed by atoms with Crippen LogP contribution in [0.15, 0.2) is 24.3 Å². The van der Waals surface area contributed by atoms with E-state index >= 15 is 0 Å². The Morgan fingerprint density at radius 2 is 2.14 bits per heavy atom. The number of rotatable bonds is 4. The topological polar surface area (TPSA) is 53.3 Å². The molecule has 0 bridgehead atoms. The van der Waals surface area contributed by atoms with Crippen LogP contribution in [0.4, 0.5) is 0 Å². The minimum atomic E-state index is -0.0328.